The summed E-state index contributed by atoms with van der Waals surface area (Å²) >= 11 is 0. The molecule has 1 N–H and O–H groups in total. The van der Waals surface area contributed by atoms with Crippen LogP contribution in [0.4, 0.5) is 4.39 Å². The Morgan fingerprint density at radius 3 is 2.42 bits per heavy atom. The average Bonchev–Trinajstić information content (AvgIpc) is 3.34. The molecule has 0 aliphatic carbocycles. The van der Waals surface area contributed by atoms with Crippen molar-refractivity contribution in [1.82, 2.24) is 15.5 Å². The van der Waals surface area contributed by atoms with E-state index in [9.17, 15) is 9.18 Å². The molecule has 7 nitrogen and oxygen atoms in total. The van der Waals surface area contributed by atoms with Gasteiger partial charge < -0.3 is 19.2 Å². The quantitative estimate of drug-likeness (QED) is 0.432. The Morgan fingerprint density at radius 2 is 1.70 bits per heavy atom. The van der Waals surface area contributed by atoms with Crippen LogP contribution in [0.5, 0.6) is 11.5 Å². The van der Waals surface area contributed by atoms with E-state index in [1.807, 2.05) is 30.3 Å². The van der Waals surface area contributed by atoms with Crippen molar-refractivity contribution in [2.24, 2.45) is 0 Å². The van der Waals surface area contributed by atoms with Crippen molar-refractivity contribution in [1.29, 1.82) is 0 Å². The zero-order valence-electron chi connectivity index (χ0n) is 18.1. The summed E-state index contributed by atoms with van der Waals surface area (Å²) in [7, 11) is 3.06. The molecule has 0 saturated heterocycles. The van der Waals surface area contributed by atoms with Crippen LogP contribution in [0.1, 0.15) is 23.1 Å². The molecule has 1 heterocycles. The van der Waals surface area contributed by atoms with Crippen LogP contribution in [-0.2, 0) is 11.2 Å². The number of nitrogens with one attached hydrogen (secondary N) is 1. The molecule has 0 spiro atoms. The Morgan fingerprint density at radius 1 is 0.970 bits per heavy atom. The summed E-state index contributed by atoms with van der Waals surface area (Å²) in [4.78, 5) is 12.9. The van der Waals surface area contributed by atoms with Gasteiger partial charge in [0.05, 0.1) is 20.6 Å². The number of hydrogen-bond donors (Lipinski definition) is 1. The summed E-state index contributed by atoms with van der Waals surface area (Å²) in [5.41, 5.74) is 1.65. The number of hydrogen-bond acceptors (Lipinski definition) is 6. The van der Waals surface area contributed by atoms with E-state index in [2.05, 4.69) is 15.5 Å². The Kier molecular flexibility index (Phi) is 6.64. The molecular formula is C25H22FN3O4. The molecular weight excluding hydrogens is 425 g/mol. The smallest absolute Gasteiger partial charge is 0.247 e. The van der Waals surface area contributed by atoms with Gasteiger partial charge >= 0.3 is 0 Å². The summed E-state index contributed by atoms with van der Waals surface area (Å²) in [6.07, 6.45) is 0.0327. The second-order valence-electron chi connectivity index (χ2n) is 7.20. The molecule has 3 aromatic carbocycles. The zero-order chi connectivity index (χ0) is 23.2. The van der Waals surface area contributed by atoms with Crippen LogP contribution < -0.4 is 14.8 Å². The first-order valence-electron chi connectivity index (χ1n) is 10.2. The number of halogens is 1. The van der Waals surface area contributed by atoms with Crippen LogP contribution in [0, 0.1) is 5.82 Å². The lowest BCUT2D eigenvalue weighted by atomic mass is 10.0. The first-order valence-corrected chi connectivity index (χ1v) is 10.2. The van der Waals surface area contributed by atoms with Crippen LogP contribution in [0.2, 0.25) is 0 Å². The third kappa shape index (κ3) is 5.01. The fourth-order valence-electron chi connectivity index (χ4n) is 3.42. The first-order chi connectivity index (χ1) is 16.1. The Hall–Kier alpha value is -4.20. The maximum absolute atomic E-state index is 14.6. The number of methoxy groups -OCH3 is 2. The zero-order valence-corrected chi connectivity index (χ0v) is 18.1. The van der Waals surface area contributed by atoms with E-state index < -0.39 is 11.9 Å². The minimum atomic E-state index is -0.955. The number of amides is 1. The van der Waals surface area contributed by atoms with Crippen molar-refractivity contribution in [2.45, 2.75) is 12.5 Å². The topological polar surface area (TPSA) is 86.5 Å². The molecule has 0 radical (unpaired) electrons. The lowest BCUT2D eigenvalue weighted by molar-refractivity contribution is -0.121. The van der Waals surface area contributed by atoms with Crippen molar-refractivity contribution in [2.75, 3.05) is 14.2 Å². The number of carbonyl (C=O) groups excluding carboxylic acids is 1. The Balaban J connectivity index is 1.61. The Labute approximate surface area is 190 Å². The van der Waals surface area contributed by atoms with Gasteiger partial charge in [0.1, 0.15) is 11.9 Å². The molecule has 8 heteroatoms. The molecule has 0 aliphatic rings. The van der Waals surface area contributed by atoms with E-state index >= 15 is 0 Å². The second kappa shape index (κ2) is 9.95. The van der Waals surface area contributed by atoms with E-state index in [1.54, 1.807) is 36.4 Å². The highest BCUT2D eigenvalue weighted by Gasteiger charge is 2.26. The van der Waals surface area contributed by atoms with Gasteiger partial charge in [0.2, 0.25) is 17.7 Å². The van der Waals surface area contributed by atoms with E-state index in [0.29, 0.717) is 17.1 Å². The monoisotopic (exact) mass is 447 g/mol. The van der Waals surface area contributed by atoms with Gasteiger partial charge in [-0.2, -0.15) is 0 Å². The van der Waals surface area contributed by atoms with E-state index in [4.69, 9.17) is 13.9 Å². The van der Waals surface area contributed by atoms with Gasteiger partial charge in [-0.25, -0.2) is 4.39 Å². The van der Waals surface area contributed by atoms with Crippen LogP contribution in [-0.4, -0.2) is 30.3 Å². The van der Waals surface area contributed by atoms with Crippen molar-refractivity contribution in [3.8, 4) is 23.0 Å². The SMILES string of the molecule is COc1ccc(CC(=O)N[C@H](c2nnc(-c3ccccc3)o2)c2ccccc2F)cc1OC. The van der Waals surface area contributed by atoms with E-state index in [0.717, 1.165) is 5.56 Å². The normalized spacial score (nSPS) is 11.6. The van der Waals surface area contributed by atoms with Crippen molar-refractivity contribution in [3.05, 3.63) is 95.6 Å². The highest BCUT2D eigenvalue weighted by atomic mass is 19.1. The highest BCUT2D eigenvalue weighted by molar-refractivity contribution is 5.79. The lowest BCUT2D eigenvalue weighted by Crippen LogP contribution is -2.31. The van der Waals surface area contributed by atoms with E-state index in [-0.39, 0.29) is 29.7 Å². The standard InChI is InChI=1S/C25H22FN3O4/c1-31-20-13-12-16(14-21(20)32-2)15-22(30)27-23(18-10-6-7-11-19(18)26)25-29-28-24(33-25)17-8-4-3-5-9-17/h3-14,23H,15H2,1-2H3,(H,27,30)/t23-/m0/s1. The maximum Gasteiger partial charge on any atom is 0.247 e. The molecule has 0 bridgehead atoms. The predicted octanol–water partition coefficient (Wildman–Crippen LogP) is 4.34. The van der Waals surface area contributed by atoms with Crippen molar-refractivity contribution in [3.63, 3.8) is 0 Å². The molecule has 0 fully saturated rings. The summed E-state index contributed by atoms with van der Waals surface area (Å²) in [6.45, 7) is 0. The molecule has 4 rings (SSSR count). The summed E-state index contributed by atoms with van der Waals surface area (Å²) in [5, 5.41) is 11.0. The van der Waals surface area contributed by atoms with Gasteiger partial charge in [0, 0.05) is 11.1 Å². The molecule has 33 heavy (non-hydrogen) atoms. The highest BCUT2D eigenvalue weighted by Crippen LogP contribution is 2.29. The van der Waals surface area contributed by atoms with Crippen LogP contribution in [0.3, 0.4) is 0 Å². The molecule has 0 aliphatic heterocycles. The fraction of sp³-hybridized carbons (Fsp3) is 0.160. The lowest BCUT2D eigenvalue weighted by Gasteiger charge is -2.17. The van der Waals surface area contributed by atoms with E-state index in [1.165, 1.54) is 20.3 Å². The van der Waals surface area contributed by atoms with Crippen molar-refractivity contribution < 1.29 is 23.1 Å². The molecule has 0 saturated carbocycles. The van der Waals surface area contributed by atoms with Gasteiger partial charge in [-0.1, -0.05) is 42.5 Å². The summed E-state index contributed by atoms with van der Waals surface area (Å²) < 4.78 is 31.0. The number of nitrogens with zero attached hydrogens (tertiary/aromatic N) is 2. The van der Waals surface area contributed by atoms with Gasteiger partial charge in [0.25, 0.3) is 0 Å². The van der Waals surface area contributed by atoms with Crippen LogP contribution in [0.15, 0.2) is 77.2 Å². The van der Waals surface area contributed by atoms with Gasteiger partial charge in [-0.05, 0) is 35.9 Å². The largest absolute Gasteiger partial charge is 0.493 e. The third-order valence-corrected chi connectivity index (χ3v) is 5.04. The van der Waals surface area contributed by atoms with Gasteiger partial charge in [-0.15, -0.1) is 10.2 Å². The number of rotatable bonds is 8. The Bertz CT molecular complexity index is 1240. The van der Waals surface area contributed by atoms with Crippen LogP contribution >= 0.6 is 0 Å². The minimum absolute atomic E-state index is 0.0327. The third-order valence-electron chi connectivity index (χ3n) is 5.04. The molecule has 4 aromatic rings. The fourth-order valence-corrected chi connectivity index (χ4v) is 3.42. The van der Waals surface area contributed by atoms with Crippen molar-refractivity contribution >= 4 is 5.91 Å². The maximum atomic E-state index is 14.6. The number of carbonyl (C=O) groups is 1. The van der Waals surface area contributed by atoms with Crippen LogP contribution in [0.25, 0.3) is 11.5 Å². The molecule has 1 atom stereocenters. The second-order valence-corrected chi connectivity index (χ2v) is 7.20. The average molecular weight is 447 g/mol. The number of ether oxygens (including phenoxy) is 2. The summed E-state index contributed by atoms with van der Waals surface area (Å²) in [5.74, 6) is 0.590. The number of benzene rings is 3. The molecule has 0 unspecified atom stereocenters. The predicted molar refractivity (Wildman–Crippen MR) is 119 cm³/mol. The summed E-state index contributed by atoms with van der Waals surface area (Å²) in [6, 6.07) is 19.6. The molecule has 1 aromatic heterocycles. The first kappa shape index (κ1) is 22.0. The molecule has 168 valence electrons. The minimum Gasteiger partial charge on any atom is -0.493 e. The van der Waals surface area contributed by atoms with Gasteiger partial charge in [0.15, 0.2) is 11.5 Å². The molecule has 1 amide bonds. The van der Waals surface area contributed by atoms with Gasteiger partial charge in [-0.3, -0.25) is 4.79 Å². The number of aromatic nitrogens is 2.